The lowest BCUT2D eigenvalue weighted by molar-refractivity contribution is 0.101. The van der Waals surface area contributed by atoms with Crippen molar-refractivity contribution in [3.8, 4) is 0 Å². The molecule has 0 bridgehead atoms. The van der Waals surface area contributed by atoms with Crippen molar-refractivity contribution >= 4 is 5.78 Å². The fourth-order valence-corrected chi connectivity index (χ4v) is 2.90. The molecule has 0 fully saturated rings. The van der Waals surface area contributed by atoms with Crippen molar-refractivity contribution in [1.82, 2.24) is 9.80 Å². The number of rotatable bonds is 7. The minimum atomic E-state index is 0.160. The van der Waals surface area contributed by atoms with Gasteiger partial charge in [-0.05, 0) is 50.2 Å². The molecule has 0 spiro atoms. The van der Waals surface area contributed by atoms with Crippen LogP contribution in [0.25, 0.3) is 0 Å². The van der Waals surface area contributed by atoms with Crippen LogP contribution in [0.15, 0.2) is 18.2 Å². The zero-order chi connectivity index (χ0) is 14.5. The molecule has 1 heterocycles. The van der Waals surface area contributed by atoms with Crippen molar-refractivity contribution in [2.75, 3.05) is 26.2 Å². The predicted octanol–water partition coefficient (Wildman–Crippen LogP) is 2.94. The number of benzene rings is 1. The molecule has 0 unspecified atom stereocenters. The quantitative estimate of drug-likeness (QED) is 0.714. The van der Waals surface area contributed by atoms with E-state index in [1.54, 1.807) is 6.92 Å². The Hall–Kier alpha value is -1.19. The third kappa shape index (κ3) is 3.68. The van der Waals surface area contributed by atoms with Crippen LogP contribution in [0.5, 0.6) is 0 Å². The molecule has 0 saturated carbocycles. The van der Waals surface area contributed by atoms with Crippen LogP contribution >= 0.6 is 0 Å². The summed E-state index contributed by atoms with van der Waals surface area (Å²) in [5.74, 6) is 0.160. The van der Waals surface area contributed by atoms with Gasteiger partial charge < -0.3 is 4.90 Å². The Morgan fingerprint density at radius 1 is 1.20 bits per heavy atom. The van der Waals surface area contributed by atoms with Crippen LogP contribution in [0.4, 0.5) is 0 Å². The van der Waals surface area contributed by atoms with Gasteiger partial charge in [0.25, 0.3) is 0 Å². The first-order chi connectivity index (χ1) is 9.63. The summed E-state index contributed by atoms with van der Waals surface area (Å²) in [6.45, 7) is 12.7. The van der Waals surface area contributed by atoms with Crippen LogP contribution in [-0.4, -0.2) is 41.8 Å². The third-order valence-corrected chi connectivity index (χ3v) is 4.24. The van der Waals surface area contributed by atoms with Crippen LogP contribution < -0.4 is 0 Å². The summed E-state index contributed by atoms with van der Waals surface area (Å²) in [6, 6.07) is 6.15. The van der Waals surface area contributed by atoms with Gasteiger partial charge in [0.1, 0.15) is 0 Å². The highest BCUT2D eigenvalue weighted by Gasteiger charge is 2.19. The van der Waals surface area contributed by atoms with Gasteiger partial charge in [-0.3, -0.25) is 9.69 Å². The molecule has 1 aromatic carbocycles. The SMILES string of the molecule is CCN(CC)CCCN1Cc2ccc(C(C)=O)cc2C1. The van der Waals surface area contributed by atoms with Gasteiger partial charge in [0, 0.05) is 25.2 Å². The number of nitrogens with zero attached hydrogens (tertiary/aromatic N) is 2. The Morgan fingerprint density at radius 3 is 2.55 bits per heavy atom. The molecule has 20 heavy (non-hydrogen) atoms. The monoisotopic (exact) mass is 274 g/mol. The van der Waals surface area contributed by atoms with Gasteiger partial charge in [0.05, 0.1) is 0 Å². The van der Waals surface area contributed by atoms with Crippen molar-refractivity contribution in [1.29, 1.82) is 0 Å². The van der Waals surface area contributed by atoms with E-state index in [-0.39, 0.29) is 5.78 Å². The Bertz CT molecular complexity index is 466. The van der Waals surface area contributed by atoms with E-state index in [0.717, 1.165) is 38.3 Å². The molecule has 1 aromatic rings. The Labute approximate surface area is 122 Å². The van der Waals surface area contributed by atoms with Crippen LogP contribution in [0.1, 0.15) is 48.7 Å². The maximum absolute atomic E-state index is 11.4. The molecule has 0 atom stereocenters. The van der Waals surface area contributed by atoms with Gasteiger partial charge in [-0.1, -0.05) is 26.0 Å². The summed E-state index contributed by atoms with van der Waals surface area (Å²) >= 11 is 0. The molecule has 110 valence electrons. The maximum Gasteiger partial charge on any atom is 0.159 e. The Balaban J connectivity index is 1.85. The van der Waals surface area contributed by atoms with Crippen LogP contribution in [0.2, 0.25) is 0 Å². The van der Waals surface area contributed by atoms with Gasteiger partial charge in [-0.2, -0.15) is 0 Å². The average molecular weight is 274 g/mol. The molecule has 0 radical (unpaired) electrons. The zero-order valence-electron chi connectivity index (χ0n) is 13.0. The van der Waals surface area contributed by atoms with Gasteiger partial charge >= 0.3 is 0 Å². The third-order valence-electron chi connectivity index (χ3n) is 4.24. The van der Waals surface area contributed by atoms with E-state index in [2.05, 4.69) is 35.8 Å². The molecule has 0 aromatic heterocycles. The molecule has 1 aliphatic heterocycles. The number of hydrogen-bond donors (Lipinski definition) is 0. The fraction of sp³-hybridized carbons (Fsp3) is 0.588. The molecule has 3 heteroatoms. The lowest BCUT2D eigenvalue weighted by atomic mass is 10.0. The first-order valence-electron chi connectivity index (χ1n) is 7.71. The summed E-state index contributed by atoms with van der Waals surface area (Å²) in [7, 11) is 0. The molecule has 0 saturated heterocycles. The summed E-state index contributed by atoms with van der Waals surface area (Å²) in [5.41, 5.74) is 3.56. The number of fused-ring (bicyclic) bond motifs is 1. The number of carbonyl (C=O) groups excluding carboxylic acids is 1. The lowest BCUT2D eigenvalue weighted by Gasteiger charge is -2.20. The topological polar surface area (TPSA) is 23.6 Å². The summed E-state index contributed by atoms with van der Waals surface area (Å²) in [4.78, 5) is 16.4. The number of Topliss-reactive ketones (excluding diaryl/α,β-unsaturated/α-hetero) is 1. The predicted molar refractivity (Wildman–Crippen MR) is 83.0 cm³/mol. The molecular weight excluding hydrogens is 248 g/mol. The number of hydrogen-bond acceptors (Lipinski definition) is 3. The van der Waals surface area contributed by atoms with E-state index in [9.17, 15) is 4.79 Å². The highest BCUT2D eigenvalue weighted by atomic mass is 16.1. The van der Waals surface area contributed by atoms with Gasteiger partial charge in [-0.15, -0.1) is 0 Å². The molecular formula is C17H26N2O. The fourth-order valence-electron chi connectivity index (χ4n) is 2.90. The molecule has 1 aliphatic rings. The van der Waals surface area contributed by atoms with E-state index < -0.39 is 0 Å². The zero-order valence-corrected chi connectivity index (χ0v) is 13.0. The molecule has 0 aliphatic carbocycles. The van der Waals surface area contributed by atoms with E-state index in [1.165, 1.54) is 24.1 Å². The molecule has 0 N–H and O–H groups in total. The van der Waals surface area contributed by atoms with Crippen molar-refractivity contribution in [2.45, 2.75) is 40.3 Å². The molecule has 0 amide bonds. The Morgan fingerprint density at radius 2 is 1.90 bits per heavy atom. The van der Waals surface area contributed by atoms with E-state index >= 15 is 0 Å². The second-order valence-corrected chi connectivity index (χ2v) is 5.63. The molecule has 3 nitrogen and oxygen atoms in total. The second kappa shape index (κ2) is 7.00. The summed E-state index contributed by atoms with van der Waals surface area (Å²) in [5, 5.41) is 0. The summed E-state index contributed by atoms with van der Waals surface area (Å²) < 4.78 is 0. The first-order valence-corrected chi connectivity index (χ1v) is 7.71. The second-order valence-electron chi connectivity index (χ2n) is 5.63. The van der Waals surface area contributed by atoms with Crippen LogP contribution in [0, 0.1) is 0 Å². The standard InChI is InChI=1S/C17H26N2O/c1-4-18(5-2)9-6-10-19-12-16-8-7-15(14(3)20)11-17(16)13-19/h7-8,11H,4-6,9-10,12-13H2,1-3H3. The van der Waals surface area contributed by atoms with Gasteiger partial charge in [-0.25, -0.2) is 0 Å². The highest BCUT2D eigenvalue weighted by molar-refractivity contribution is 5.94. The smallest absolute Gasteiger partial charge is 0.159 e. The van der Waals surface area contributed by atoms with Gasteiger partial charge in [0.2, 0.25) is 0 Å². The van der Waals surface area contributed by atoms with Crippen LogP contribution in [-0.2, 0) is 13.1 Å². The van der Waals surface area contributed by atoms with E-state index in [1.807, 2.05) is 6.07 Å². The van der Waals surface area contributed by atoms with E-state index in [4.69, 9.17) is 0 Å². The van der Waals surface area contributed by atoms with Crippen molar-refractivity contribution in [2.24, 2.45) is 0 Å². The van der Waals surface area contributed by atoms with Gasteiger partial charge in [0.15, 0.2) is 5.78 Å². The minimum Gasteiger partial charge on any atom is -0.304 e. The summed E-state index contributed by atoms with van der Waals surface area (Å²) in [6.07, 6.45) is 1.22. The number of ketones is 1. The molecule has 2 rings (SSSR count). The highest BCUT2D eigenvalue weighted by Crippen LogP contribution is 2.24. The largest absolute Gasteiger partial charge is 0.304 e. The minimum absolute atomic E-state index is 0.160. The van der Waals surface area contributed by atoms with Crippen molar-refractivity contribution in [3.63, 3.8) is 0 Å². The number of carbonyl (C=O) groups is 1. The van der Waals surface area contributed by atoms with E-state index in [0.29, 0.717) is 0 Å². The van der Waals surface area contributed by atoms with Crippen LogP contribution in [0.3, 0.4) is 0 Å². The Kier molecular flexibility index (Phi) is 5.32. The van der Waals surface area contributed by atoms with Crippen molar-refractivity contribution < 1.29 is 4.79 Å². The average Bonchev–Trinajstić information content (AvgIpc) is 2.85. The first kappa shape index (κ1) is 15.2. The normalized spacial score (nSPS) is 14.8. The maximum atomic E-state index is 11.4. The lowest BCUT2D eigenvalue weighted by Crippen LogP contribution is -2.27. The van der Waals surface area contributed by atoms with Crippen molar-refractivity contribution in [3.05, 3.63) is 34.9 Å².